The fourth-order valence-electron chi connectivity index (χ4n) is 2.18. The third kappa shape index (κ3) is 5.23. The molecule has 0 fully saturated rings. The molecule has 2 N–H and O–H groups in total. The van der Waals surface area contributed by atoms with Crippen LogP contribution in [0.1, 0.15) is 15.2 Å². The molecule has 0 unspecified atom stereocenters. The summed E-state index contributed by atoms with van der Waals surface area (Å²) in [7, 11) is 0. The van der Waals surface area contributed by atoms with Gasteiger partial charge in [-0.15, -0.1) is 11.3 Å². The van der Waals surface area contributed by atoms with Crippen molar-refractivity contribution in [3.63, 3.8) is 0 Å². The lowest BCUT2D eigenvalue weighted by molar-refractivity contribution is -0.132. The van der Waals surface area contributed by atoms with Gasteiger partial charge in [0.05, 0.1) is 9.23 Å². The summed E-state index contributed by atoms with van der Waals surface area (Å²) in [5.41, 5.74) is 0.214. The van der Waals surface area contributed by atoms with E-state index in [2.05, 4.69) is 5.32 Å². The van der Waals surface area contributed by atoms with Gasteiger partial charge in [0.1, 0.15) is 5.70 Å². The summed E-state index contributed by atoms with van der Waals surface area (Å²) in [4.78, 5) is 25.4. The van der Waals surface area contributed by atoms with Gasteiger partial charge in [0.25, 0.3) is 5.91 Å². The van der Waals surface area contributed by atoms with Crippen molar-refractivity contribution < 1.29 is 14.7 Å². The fraction of sp³-hybridized carbons (Fsp3) is 0. The van der Waals surface area contributed by atoms with E-state index in [-0.39, 0.29) is 5.70 Å². The number of nitrogens with one attached hydrogen (secondary N) is 1. The van der Waals surface area contributed by atoms with Gasteiger partial charge in [0.2, 0.25) is 0 Å². The fourth-order valence-corrected chi connectivity index (χ4v) is 4.50. The largest absolute Gasteiger partial charge is 0.477 e. The van der Waals surface area contributed by atoms with Crippen LogP contribution in [0.15, 0.2) is 81.5 Å². The molecule has 0 radical (unpaired) electrons. The van der Waals surface area contributed by atoms with Crippen LogP contribution in [0.25, 0.3) is 6.08 Å². The van der Waals surface area contributed by atoms with E-state index >= 15 is 0 Å². The first kappa shape index (κ1) is 19.2. The van der Waals surface area contributed by atoms with E-state index in [4.69, 9.17) is 11.6 Å². The lowest BCUT2D eigenvalue weighted by Crippen LogP contribution is -2.27. The van der Waals surface area contributed by atoms with Crippen LogP contribution in [0.5, 0.6) is 0 Å². The molecule has 0 bridgehead atoms. The molecule has 1 aromatic heterocycles. The Hall–Kier alpha value is -2.54. The molecule has 7 heteroatoms. The molecule has 3 rings (SSSR count). The van der Waals surface area contributed by atoms with E-state index in [1.54, 1.807) is 30.3 Å². The predicted molar refractivity (Wildman–Crippen MR) is 109 cm³/mol. The first-order chi connectivity index (χ1) is 13.0. The summed E-state index contributed by atoms with van der Waals surface area (Å²) in [6.07, 6.45) is 1.45. The lowest BCUT2D eigenvalue weighted by Gasteiger charge is -2.05. The standard InChI is InChI=1S/C20H14ClNO3S2/c21-15-8-4-5-9-17(15)27-18-11-10-14(26-18)12-16(20(24)25)22-19(23)13-6-2-1-3-7-13/h1-12H,(H,22,23)(H,24,25). The number of rotatable bonds is 6. The minimum absolute atomic E-state index is 0.181. The Kier molecular flexibility index (Phi) is 6.34. The molecule has 0 aliphatic carbocycles. The van der Waals surface area contributed by atoms with Gasteiger partial charge in [0.15, 0.2) is 0 Å². The Balaban J connectivity index is 1.77. The number of carbonyl (C=O) groups is 2. The number of amides is 1. The average Bonchev–Trinajstić information content (AvgIpc) is 3.10. The number of aliphatic carboxylic acids is 1. The van der Waals surface area contributed by atoms with Crippen LogP contribution in [0.2, 0.25) is 5.02 Å². The molecule has 0 spiro atoms. The van der Waals surface area contributed by atoms with Crippen LogP contribution in [0.3, 0.4) is 0 Å². The zero-order chi connectivity index (χ0) is 19.2. The molecule has 3 aromatic rings. The van der Waals surface area contributed by atoms with Gasteiger partial charge in [-0.3, -0.25) is 4.79 Å². The van der Waals surface area contributed by atoms with Gasteiger partial charge < -0.3 is 10.4 Å². The smallest absolute Gasteiger partial charge is 0.352 e. The number of thiophene rings is 1. The molecular weight excluding hydrogens is 402 g/mol. The number of carbonyl (C=O) groups excluding carboxylic acids is 1. The van der Waals surface area contributed by atoms with E-state index in [1.807, 2.05) is 36.4 Å². The first-order valence-corrected chi connectivity index (χ1v) is 9.87. The second-order valence-electron chi connectivity index (χ2n) is 5.37. The van der Waals surface area contributed by atoms with Crippen molar-refractivity contribution in [2.75, 3.05) is 0 Å². The number of hydrogen-bond acceptors (Lipinski definition) is 4. The lowest BCUT2D eigenvalue weighted by atomic mass is 10.2. The third-order valence-electron chi connectivity index (χ3n) is 3.45. The number of carboxylic acids is 1. The summed E-state index contributed by atoms with van der Waals surface area (Å²) in [6, 6.07) is 19.7. The van der Waals surface area contributed by atoms with Gasteiger partial charge >= 0.3 is 5.97 Å². The van der Waals surface area contributed by atoms with Gasteiger partial charge in [-0.2, -0.15) is 0 Å². The normalized spacial score (nSPS) is 11.2. The van der Waals surface area contributed by atoms with Crippen molar-refractivity contribution in [2.24, 2.45) is 0 Å². The Labute approximate surface area is 169 Å². The highest BCUT2D eigenvalue weighted by Crippen LogP contribution is 2.37. The first-order valence-electron chi connectivity index (χ1n) is 7.86. The van der Waals surface area contributed by atoms with E-state index in [0.29, 0.717) is 10.6 Å². The van der Waals surface area contributed by atoms with Gasteiger partial charge in [-0.25, -0.2) is 4.79 Å². The maximum Gasteiger partial charge on any atom is 0.352 e. The molecule has 2 aromatic carbocycles. The second-order valence-corrected chi connectivity index (χ2v) is 8.24. The molecule has 1 heterocycles. The Morgan fingerprint density at radius 1 is 1.00 bits per heavy atom. The van der Waals surface area contributed by atoms with Crippen LogP contribution >= 0.6 is 34.7 Å². The van der Waals surface area contributed by atoms with Crippen molar-refractivity contribution in [3.05, 3.63) is 87.9 Å². The summed E-state index contributed by atoms with van der Waals surface area (Å²) < 4.78 is 0.966. The van der Waals surface area contributed by atoms with Crippen LogP contribution < -0.4 is 5.32 Å². The van der Waals surface area contributed by atoms with Crippen molar-refractivity contribution in [1.29, 1.82) is 0 Å². The van der Waals surface area contributed by atoms with Crippen molar-refractivity contribution >= 4 is 52.7 Å². The topological polar surface area (TPSA) is 66.4 Å². The second kappa shape index (κ2) is 8.90. The summed E-state index contributed by atoms with van der Waals surface area (Å²) >= 11 is 9.09. The molecule has 1 amide bonds. The van der Waals surface area contributed by atoms with Crippen LogP contribution in [-0.4, -0.2) is 17.0 Å². The van der Waals surface area contributed by atoms with Crippen molar-refractivity contribution in [1.82, 2.24) is 5.32 Å². The third-order valence-corrected chi connectivity index (χ3v) is 6.13. The number of hydrogen-bond donors (Lipinski definition) is 2. The molecule has 0 saturated carbocycles. The van der Waals surface area contributed by atoms with Crippen LogP contribution in [-0.2, 0) is 4.79 Å². The molecule has 27 heavy (non-hydrogen) atoms. The SMILES string of the molecule is O=C(O)C(=Cc1ccc(Sc2ccccc2Cl)s1)NC(=O)c1ccccc1. The van der Waals surface area contributed by atoms with E-state index in [1.165, 1.54) is 29.2 Å². The van der Waals surface area contributed by atoms with Gasteiger partial charge in [-0.1, -0.05) is 53.7 Å². The number of halogens is 1. The maximum absolute atomic E-state index is 12.2. The van der Waals surface area contributed by atoms with Crippen LogP contribution in [0, 0.1) is 0 Å². The molecule has 0 saturated heterocycles. The average molecular weight is 416 g/mol. The maximum atomic E-state index is 12.2. The zero-order valence-corrected chi connectivity index (χ0v) is 16.3. The Bertz CT molecular complexity index is 999. The predicted octanol–water partition coefficient (Wildman–Crippen LogP) is 5.41. The summed E-state index contributed by atoms with van der Waals surface area (Å²) in [5, 5.41) is 12.5. The molecular formula is C20H14ClNO3S2. The molecule has 0 atom stereocenters. The van der Waals surface area contributed by atoms with E-state index in [0.717, 1.165) is 14.0 Å². The number of benzene rings is 2. The van der Waals surface area contributed by atoms with E-state index in [9.17, 15) is 14.7 Å². The van der Waals surface area contributed by atoms with Crippen molar-refractivity contribution in [2.45, 2.75) is 9.10 Å². The monoisotopic (exact) mass is 415 g/mol. The van der Waals surface area contributed by atoms with E-state index < -0.39 is 11.9 Å². The molecule has 0 aliphatic heterocycles. The highest BCUT2D eigenvalue weighted by Gasteiger charge is 2.14. The van der Waals surface area contributed by atoms with Gasteiger partial charge in [0, 0.05) is 15.3 Å². The molecule has 0 aliphatic rings. The highest BCUT2D eigenvalue weighted by molar-refractivity contribution is 8.01. The van der Waals surface area contributed by atoms with Crippen LogP contribution in [0.4, 0.5) is 0 Å². The minimum atomic E-state index is -1.20. The quantitative estimate of drug-likeness (QED) is 0.528. The zero-order valence-electron chi connectivity index (χ0n) is 13.9. The Morgan fingerprint density at radius 2 is 1.70 bits per heavy atom. The highest BCUT2D eigenvalue weighted by atomic mass is 35.5. The number of carboxylic acid groups (broad SMARTS) is 1. The summed E-state index contributed by atoms with van der Waals surface area (Å²) in [5.74, 6) is -1.67. The van der Waals surface area contributed by atoms with Gasteiger partial charge in [-0.05, 0) is 42.5 Å². The van der Waals surface area contributed by atoms with Crippen molar-refractivity contribution in [3.8, 4) is 0 Å². The molecule has 136 valence electrons. The minimum Gasteiger partial charge on any atom is -0.477 e. The molecule has 4 nitrogen and oxygen atoms in total. The summed E-state index contributed by atoms with van der Waals surface area (Å²) in [6.45, 7) is 0. The Morgan fingerprint density at radius 3 is 2.41 bits per heavy atom.